The van der Waals surface area contributed by atoms with Gasteiger partial charge in [0.15, 0.2) is 0 Å². The molecule has 1 aromatic heterocycles. The van der Waals surface area contributed by atoms with Gasteiger partial charge >= 0.3 is 0 Å². The van der Waals surface area contributed by atoms with E-state index in [1.165, 1.54) is 4.88 Å². The van der Waals surface area contributed by atoms with Gasteiger partial charge in [0, 0.05) is 30.4 Å². The third kappa shape index (κ3) is 3.57. The van der Waals surface area contributed by atoms with Crippen LogP contribution in [0.3, 0.4) is 0 Å². The SMILES string of the molecule is NCCNC(CCC=O)c1cccs1. The topological polar surface area (TPSA) is 55.1 Å². The lowest BCUT2D eigenvalue weighted by molar-refractivity contribution is -0.108. The fourth-order valence-electron chi connectivity index (χ4n) is 1.33. The first kappa shape index (κ1) is 11.4. The standard InChI is InChI=1S/C10H16N2OS/c11-5-6-12-9(3-1-7-13)10-4-2-8-14-10/h2,4,7-9,12H,1,3,5-6,11H2. The second-order valence-corrected chi connectivity index (χ2v) is 4.03. The maximum atomic E-state index is 10.3. The molecule has 0 aromatic carbocycles. The van der Waals surface area contributed by atoms with E-state index in [1.54, 1.807) is 11.3 Å². The number of nitrogens with one attached hydrogen (secondary N) is 1. The number of hydrogen-bond donors (Lipinski definition) is 2. The third-order valence-electron chi connectivity index (χ3n) is 1.99. The molecule has 0 bridgehead atoms. The smallest absolute Gasteiger partial charge is 0.120 e. The zero-order chi connectivity index (χ0) is 10.2. The van der Waals surface area contributed by atoms with Crippen LogP contribution >= 0.6 is 11.3 Å². The van der Waals surface area contributed by atoms with Gasteiger partial charge in [-0.15, -0.1) is 11.3 Å². The van der Waals surface area contributed by atoms with Gasteiger partial charge in [0.25, 0.3) is 0 Å². The summed E-state index contributed by atoms with van der Waals surface area (Å²) in [7, 11) is 0. The summed E-state index contributed by atoms with van der Waals surface area (Å²) < 4.78 is 0. The summed E-state index contributed by atoms with van der Waals surface area (Å²) in [5, 5.41) is 5.38. The first-order valence-corrected chi connectivity index (χ1v) is 5.67. The molecule has 14 heavy (non-hydrogen) atoms. The Labute approximate surface area is 88.3 Å². The van der Waals surface area contributed by atoms with E-state index < -0.39 is 0 Å². The van der Waals surface area contributed by atoms with Crippen molar-refractivity contribution in [2.45, 2.75) is 18.9 Å². The van der Waals surface area contributed by atoms with Crippen LogP contribution in [-0.4, -0.2) is 19.4 Å². The van der Waals surface area contributed by atoms with Crippen molar-refractivity contribution in [1.82, 2.24) is 5.32 Å². The molecule has 0 amide bonds. The number of nitrogens with two attached hydrogens (primary N) is 1. The summed E-state index contributed by atoms with van der Waals surface area (Å²) in [5.41, 5.74) is 5.43. The molecule has 4 heteroatoms. The molecular weight excluding hydrogens is 196 g/mol. The molecule has 78 valence electrons. The molecule has 0 aliphatic heterocycles. The van der Waals surface area contributed by atoms with E-state index in [0.717, 1.165) is 19.3 Å². The fraction of sp³-hybridized carbons (Fsp3) is 0.500. The van der Waals surface area contributed by atoms with Gasteiger partial charge in [0.1, 0.15) is 6.29 Å². The number of thiophene rings is 1. The Kier molecular flexibility index (Phi) is 5.44. The van der Waals surface area contributed by atoms with Gasteiger partial charge in [-0.25, -0.2) is 0 Å². The molecule has 0 aliphatic rings. The van der Waals surface area contributed by atoms with Gasteiger partial charge in [-0.3, -0.25) is 0 Å². The van der Waals surface area contributed by atoms with Crippen LogP contribution in [-0.2, 0) is 4.79 Å². The zero-order valence-electron chi connectivity index (χ0n) is 8.11. The zero-order valence-corrected chi connectivity index (χ0v) is 8.93. The minimum absolute atomic E-state index is 0.281. The molecule has 0 spiro atoms. The predicted molar refractivity (Wildman–Crippen MR) is 59.4 cm³/mol. The van der Waals surface area contributed by atoms with Gasteiger partial charge in [-0.2, -0.15) is 0 Å². The maximum Gasteiger partial charge on any atom is 0.120 e. The molecule has 0 radical (unpaired) electrons. The molecule has 1 atom stereocenters. The van der Waals surface area contributed by atoms with Crippen LogP contribution in [0.1, 0.15) is 23.8 Å². The van der Waals surface area contributed by atoms with Gasteiger partial charge in [-0.1, -0.05) is 6.07 Å². The second-order valence-electron chi connectivity index (χ2n) is 3.05. The number of hydrogen-bond acceptors (Lipinski definition) is 4. The Morgan fingerprint density at radius 1 is 1.64 bits per heavy atom. The molecule has 0 saturated heterocycles. The van der Waals surface area contributed by atoms with Crippen molar-refractivity contribution in [1.29, 1.82) is 0 Å². The van der Waals surface area contributed by atoms with E-state index in [2.05, 4.69) is 11.4 Å². The van der Waals surface area contributed by atoms with Crippen molar-refractivity contribution in [3.05, 3.63) is 22.4 Å². The van der Waals surface area contributed by atoms with Crippen LogP contribution in [0.4, 0.5) is 0 Å². The van der Waals surface area contributed by atoms with Crippen LogP contribution in [0.5, 0.6) is 0 Å². The molecule has 1 heterocycles. The van der Waals surface area contributed by atoms with E-state index in [9.17, 15) is 4.79 Å². The average Bonchev–Trinajstić information content (AvgIpc) is 2.71. The van der Waals surface area contributed by atoms with Crippen molar-refractivity contribution in [3.63, 3.8) is 0 Å². The van der Waals surface area contributed by atoms with Crippen LogP contribution in [0, 0.1) is 0 Å². The third-order valence-corrected chi connectivity index (χ3v) is 2.98. The summed E-state index contributed by atoms with van der Waals surface area (Å²) in [6, 6.07) is 4.39. The van der Waals surface area contributed by atoms with Crippen molar-refractivity contribution in [3.8, 4) is 0 Å². The number of carbonyl (C=O) groups excluding carboxylic acids is 1. The van der Waals surface area contributed by atoms with Gasteiger partial charge in [0.2, 0.25) is 0 Å². The lowest BCUT2D eigenvalue weighted by Gasteiger charge is -2.15. The molecule has 1 rings (SSSR count). The first-order valence-electron chi connectivity index (χ1n) is 4.79. The second kappa shape index (κ2) is 6.70. The van der Waals surface area contributed by atoms with Crippen LogP contribution < -0.4 is 11.1 Å². The summed E-state index contributed by atoms with van der Waals surface area (Å²) in [6.07, 6.45) is 2.41. The number of rotatable bonds is 7. The van der Waals surface area contributed by atoms with E-state index >= 15 is 0 Å². The lowest BCUT2D eigenvalue weighted by Crippen LogP contribution is -2.26. The van der Waals surface area contributed by atoms with Gasteiger partial charge in [-0.05, 0) is 17.9 Å². The van der Waals surface area contributed by atoms with E-state index in [-0.39, 0.29) is 6.04 Å². The van der Waals surface area contributed by atoms with Crippen LogP contribution in [0.25, 0.3) is 0 Å². The highest BCUT2D eigenvalue weighted by molar-refractivity contribution is 7.10. The predicted octanol–water partition coefficient (Wildman–Crippen LogP) is 1.32. The normalized spacial score (nSPS) is 12.6. The first-order chi connectivity index (χ1) is 6.88. The minimum Gasteiger partial charge on any atom is -0.329 e. The quantitative estimate of drug-likeness (QED) is 0.670. The lowest BCUT2D eigenvalue weighted by atomic mass is 10.1. The van der Waals surface area contributed by atoms with Gasteiger partial charge in [0.05, 0.1) is 0 Å². The molecular formula is C10H16N2OS. The minimum atomic E-state index is 0.281. The Balaban J connectivity index is 2.48. The van der Waals surface area contributed by atoms with Crippen LogP contribution in [0.15, 0.2) is 17.5 Å². The molecule has 1 unspecified atom stereocenters. The van der Waals surface area contributed by atoms with Gasteiger partial charge < -0.3 is 15.8 Å². The van der Waals surface area contributed by atoms with Crippen molar-refractivity contribution in [2.24, 2.45) is 5.73 Å². The Bertz CT molecular complexity index is 249. The molecule has 0 aliphatic carbocycles. The molecule has 1 aromatic rings. The van der Waals surface area contributed by atoms with E-state index in [4.69, 9.17) is 5.73 Å². The summed E-state index contributed by atoms with van der Waals surface area (Å²) in [5.74, 6) is 0. The Morgan fingerprint density at radius 2 is 2.50 bits per heavy atom. The molecule has 3 N–H and O–H groups in total. The number of aldehydes is 1. The van der Waals surface area contributed by atoms with Crippen molar-refractivity contribution in [2.75, 3.05) is 13.1 Å². The highest BCUT2D eigenvalue weighted by Gasteiger charge is 2.10. The highest BCUT2D eigenvalue weighted by Crippen LogP contribution is 2.22. The molecule has 3 nitrogen and oxygen atoms in total. The van der Waals surface area contributed by atoms with E-state index in [1.807, 2.05) is 11.4 Å². The molecule has 0 fully saturated rings. The highest BCUT2D eigenvalue weighted by atomic mass is 32.1. The van der Waals surface area contributed by atoms with E-state index in [0.29, 0.717) is 13.0 Å². The fourth-order valence-corrected chi connectivity index (χ4v) is 2.16. The average molecular weight is 212 g/mol. The summed E-state index contributed by atoms with van der Waals surface area (Å²) in [6.45, 7) is 1.42. The Hall–Kier alpha value is -0.710. The van der Waals surface area contributed by atoms with Crippen LogP contribution in [0.2, 0.25) is 0 Å². The molecule has 0 saturated carbocycles. The Morgan fingerprint density at radius 3 is 3.07 bits per heavy atom. The summed E-state index contributed by atoms with van der Waals surface area (Å²) in [4.78, 5) is 11.6. The summed E-state index contributed by atoms with van der Waals surface area (Å²) >= 11 is 1.71. The number of carbonyl (C=O) groups is 1. The van der Waals surface area contributed by atoms with Crippen molar-refractivity contribution >= 4 is 17.6 Å². The monoisotopic (exact) mass is 212 g/mol. The maximum absolute atomic E-state index is 10.3. The van der Waals surface area contributed by atoms with Crippen molar-refractivity contribution < 1.29 is 4.79 Å². The largest absolute Gasteiger partial charge is 0.329 e.